The average molecular weight is 400 g/mol. The normalized spacial score (nSPS) is 11.2. The predicted molar refractivity (Wildman–Crippen MR) is 120 cm³/mol. The lowest BCUT2D eigenvalue weighted by molar-refractivity contribution is 0.707. The Hall–Kier alpha value is -3.67. The molecule has 0 amide bonds. The van der Waals surface area contributed by atoms with Gasteiger partial charge >= 0.3 is 5.69 Å². The van der Waals surface area contributed by atoms with Gasteiger partial charge in [-0.15, -0.1) is 0 Å². The lowest BCUT2D eigenvalue weighted by Crippen LogP contribution is -2.37. The van der Waals surface area contributed by atoms with Gasteiger partial charge < -0.3 is 5.32 Å². The first-order valence-electron chi connectivity index (χ1n) is 9.96. The molecule has 0 aliphatic heterocycles. The van der Waals surface area contributed by atoms with Crippen molar-refractivity contribution in [2.75, 3.05) is 11.9 Å². The highest BCUT2D eigenvalue weighted by molar-refractivity contribution is 5.88. The average Bonchev–Trinajstić information content (AvgIpc) is 2.80. The Morgan fingerprint density at radius 1 is 0.867 bits per heavy atom. The van der Waals surface area contributed by atoms with Crippen LogP contribution in [0.4, 0.5) is 5.69 Å². The molecule has 0 radical (unpaired) electrons. The summed E-state index contributed by atoms with van der Waals surface area (Å²) in [5.41, 5.74) is 2.86. The highest BCUT2D eigenvalue weighted by atomic mass is 16.2. The van der Waals surface area contributed by atoms with Gasteiger partial charge in [0.05, 0.1) is 5.69 Å². The van der Waals surface area contributed by atoms with E-state index in [1.54, 1.807) is 19.3 Å². The number of nitrogens with zero attached hydrogens (tertiary/aromatic N) is 3. The largest absolute Gasteiger partial charge is 0.384 e. The van der Waals surface area contributed by atoms with Gasteiger partial charge in [0.15, 0.2) is 5.65 Å². The highest BCUT2D eigenvalue weighted by Crippen LogP contribution is 2.28. The number of nitrogens with one attached hydrogen (secondary N) is 1. The minimum Gasteiger partial charge on any atom is -0.384 e. The molecule has 0 saturated carbocycles. The molecular formula is C24H24N4O2. The smallest absolute Gasteiger partial charge is 0.332 e. The Morgan fingerprint density at radius 2 is 1.47 bits per heavy atom. The zero-order valence-corrected chi connectivity index (χ0v) is 17.1. The first-order chi connectivity index (χ1) is 14.6. The van der Waals surface area contributed by atoms with Gasteiger partial charge in [0, 0.05) is 32.8 Å². The highest BCUT2D eigenvalue weighted by Gasteiger charge is 2.16. The van der Waals surface area contributed by atoms with E-state index < -0.39 is 0 Å². The van der Waals surface area contributed by atoms with Crippen LogP contribution in [0.15, 0.2) is 82.5 Å². The van der Waals surface area contributed by atoms with Crippen LogP contribution in [0.3, 0.4) is 0 Å². The third kappa shape index (κ3) is 3.64. The van der Waals surface area contributed by atoms with Crippen LogP contribution in [-0.2, 0) is 14.1 Å². The molecule has 6 nitrogen and oxygen atoms in total. The van der Waals surface area contributed by atoms with Crippen LogP contribution in [0.25, 0.3) is 11.0 Å². The second-order valence-electron chi connectivity index (χ2n) is 7.35. The molecule has 4 rings (SSSR count). The zero-order chi connectivity index (χ0) is 21.1. The van der Waals surface area contributed by atoms with E-state index in [2.05, 4.69) is 58.8 Å². The number of hydrogen-bond donors (Lipinski definition) is 1. The summed E-state index contributed by atoms with van der Waals surface area (Å²) in [5, 5.41) is 3.83. The molecule has 0 atom stereocenters. The molecule has 0 aliphatic carbocycles. The molecule has 0 spiro atoms. The third-order valence-corrected chi connectivity index (χ3v) is 5.49. The molecule has 4 aromatic rings. The quantitative estimate of drug-likeness (QED) is 0.539. The molecule has 30 heavy (non-hydrogen) atoms. The van der Waals surface area contributed by atoms with E-state index in [0.717, 1.165) is 11.0 Å². The molecule has 0 saturated heterocycles. The van der Waals surface area contributed by atoms with Crippen LogP contribution in [0, 0.1) is 0 Å². The standard InChI is InChI=1S/C24H24N4O2/c1-27-22-21(23(29)28(2)24(27)30)20(14-16-26-22)25-15-13-19(17-9-5-3-6-10-17)18-11-7-4-8-12-18/h3-12,14,16,19H,13,15H2,1-2H3,(H,25,26). The van der Waals surface area contributed by atoms with Crippen LogP contribution >= 0.6 is 0 Å². The maximum Gasteiger partial charge on any atom is 0.332 e. The summed E-state index contributed by atoms with van der Waals surface area (Å²) in [7, 11) is 3.11. The summed E-state index contributed by atoms with van der Waals surface area (Å²) in [6.07, 6.45) is 2.47. The number of benzene rings is 2. The Balaban J connectivity index is 1.64. The van der Waals surface area contributed by atoms with Gasteiger partial charge in [0.25, 0.3) is 5.56 Å². The fourth-order valence-electron chi connectivity index (χ4n) is 3.88. The van der Waals surface area contributed by atoms with Gasteiger partial charge in [-0.25, -0.2) is 9.78 Å². The van der Waals surface area contributed by atoms with Gasteiger partial charge in [-0.2, -0.15) is 0 Å². The van der Waals surface area contributed by atoms with E-state index in [9.17, 15) is 9.59 Å². The number of fused-ring (bicyclic) bond motifs is 1. The van der Waals surface area contributed by atoms with E-state index in [1.165, 1.54) is 22.7 Å². The SMILES string of the molecule is Cn1c(=O)c2c(NCCC(c3ccccc3)c3ccccc3)ccnc2n(C)c1=O. The van der Waals surface area contributed by atoms with Crippen LogP contribution in [0.2, 0.25) is 0 Å². The summed E-state index contributed by atoms with van der Waals surface area (Å²) >= 11 is 0. The molecule has 0 unspecified atom stereocenters. The number of aromatic nitrogens is 3. The minimum absolute atomic E-state index is 0.236. The van der Waals surface area contributed by atoms with Gasteiger partial charge in [0.1, 0.15) is 5.39 Å². The van der Waals surface area contributed by atoms with Crippen molar-refractivity contribution in [2.45, 2.75) is 12.3 Å². The first kappa shape index (κ1) is 19.6. The fourth-order valence-corrected chi connectivity index (χ4v) is 3.88. The molecule has 1 N–H and O–H groups in total. The predicted octanol–water partition coefficient (Wildman–Crippen LogP) is 3.27. The van der Waals surface area contributed by atoms with Crippen LogP contribution in [0.1, 0.15) is 23.5 Å². The third-order valence-electron chi connectivity index (χ3n) is 5.49. The van der Waals surface area contributed by atoms with Crippen molar-refractivity contribution in [3.8, 4) is 0 Å². The van der Waals surface area contributed by atoms with Crippen LogP contribution in [0.5, 0.6) is 0 Å². The van der Waals surface area contributed by atoms with Crippen molar-refractivity contribution in [3.63, 3.8) is 0 Å². The molecule has 2 heterocycles. The van der Waals surface area contributed by atoms with Gasteiger partial charge in [-0.3, -0.25) is 13.9 Å². The molecule has 0 bridgehead atoms. The van der Waals surface area contributed by atoms with Gasteiger partial charge in [-0.1, -0.05) is 60.7 Å². The summed E-state index contributed by atoms with van der Waals surface area (Å²) in [5.74, 6) is 0.236. The molecule has 6 heteroatoms. The molecule has 0 aliphatic rings. The monoisotopic (exact) mass is 400 g/mol. The first-order valence-corrected chi connectivity index (χ1v) is 9.96. The van der Waals surface area contributed by atoms with Gasteiger partial charge in [-0.05, 0) is 23.6 Å². The Labute approximate surface area is 174 Å². The van der Waals surface area contributed by atoms with E-state index in [0.29, 0.717) is 23.3 Å². The molecule has 2 aromatic carbocycles. The number of pyridine rings is 1. The van der Waals surface area contributed by atoms with E-state index in [4.69, 9.17) is 0 Å². The topological polar surface area (TPSA) is 68.9 Å². The molecular weight excluding hydrogens is 376 g/mol. The lowest BCUT2D eigenvalue weighted by atomic mass is 9.88. The van der Waals surface area contributed by atoms with Crippen LogP contribution < -0.4 is 16.6 Å². The Morgan fingerprint density at radius 3 is 2.07 bits per heavy atom. The summed E-state index contributed by atoms with van der Waals surface area (Å²) in [6, 6.07) is 22.6. The van der Waals surface area contributed by atoms with E-state index in [1.807, 2.05) is 12.1 Å². The van der Waals surface area contributed by atoms with Crippen molar-refractivity contribution >= 4 is 16.7 Å². The maximum atomic E-state index is 12.7. The molecule has 152 valence electrons. The van der Waals surface area contributed by atoms with Crippen molar-refractivity contribution in [1.29, 1.82) is 0 Å². The summed E-state index contributed by atoms with van der Waals surface area (Å²) in [4.78, 5) is 29.2. The maximum absolute atomic E-state index is 12.7. The number of rotatable bonds is 6. The van der Waals surface area contributed by atoms with Crippen molar-refractivity contribution < 1.29 is 0 Å². The summed E-state index contributed by atoms with van der Waals surface area (Å²) in [6.45, 7) is 0.666. The zero-order valence-electron chi connectivity index (χ0n) is 17.1. The van der Waals surface area contributed by atoms with Crippen LogP contribution in [-0.4, -0.2) is 20.7 Å². The number of hydrogen-bond acceptors (Lipinski definition) is 4. The number of aryl methyl sites for hydroxylation is 1. The van der Waals surface area contributed by atoms with E-state index >= 15 is 0 Å². The van der Waals surface area contributed by atoms with E-state index in [-0.39, 0.29) is 17.2 Å². The fraction of sp³-hybridized carbons (Fsp3) is 0.208. The second-order valence-corrected chi connectivity index (χ2v) is 7.35. The lowest BCUT2D eigenvalue weighted by Gasteiger charge is -2.19. The Kier molecular flexibility index (Phi) is 5.48. The van der Waals surface area contributed by atoms with Gasteiger partial charge in [0.2, 0.25) is 0 Å². The van der Waals surface area contributed by atoms with Crippen molar-refractivity contribution in [2.24, 2.45) is 14.1 Å². The minimum atomic E-state index is -0.384. The second kappa shape index (κ2) is 8.37. The summed E-state index contributed by atoms with van der Waals surface area (Å²) < 4.78 is 2.52. The molecule has 2 aromatic heterocycles. The van der Waals surface area contributed by atoms with Crippen molar-refractivity contribution in [3.05, 3.63) is 105 Å². The molecule has 0 fully saturated rings. The van der Waals surface area contributed by atoms with Crippen molar-refractivity contribution in [1.82, 2.24) is 14.1 Å². The number of anilines is 1. The Bertz CT molecular complexity index is 1240.